The molecule has 0 spiro atoms. The number of fused-ring (bicyclic) bond motifs is 6. The molecule has 3 aromatic heterocycles. The first-order valence-electron chi connectivity index (χ1n) is 16.6. The fourth-order valence-electron chi connectivity index (χ4n) is 6.98. The second kappa shape index (κ2) is 11.6. The van der Waals surface area contributed by atoms with Crippen molar-refractivity contribution < 1.29 is 4.42 Å². The van der Waals surface area contributed by atoms with Gasteiger partial charge in [0.25, 0.3) is 0 Å². The summed E-state index contributed by atoms with van der Waals surface area (Å²) in [7, 11) is 0. The molecule has 0 N–H and O–H groups in total. The van der Waals surface area contributed by atoms with Gasteiger partial charge in [-0.25, -0.2) is 15.0 Å². The summed E-state index contributed by atoms with van der Waals surface area (Å²) in [5.41, 5.74) is 9.26. The van der Waals surface area contributed by atoms with Crippen molar-refractivity contribution in [3.8, 4) is 56.4 Å². The fraction of sp³-hybridized carbons (Fsp3) is 0. The van der Waals surface area contributed by atoms with Crippen molar-refractivity contribution in [2.45, 2.75) is 0 Å². The number of hydrogen-bond acceptors (Lipinski definition) is 5. The molecule has 10 aromatic rings. The van der Waals surface area contributed by atoms with Crippen molar-refractivity contribution in [3.05, 3.63) is 164 Å². The lowest BCUT2D eigenvalue weighted by molar-refractivity contribution is 0.670. The van der Waals surface area contributed by atoms with E-state index >= 15 is 0 Å². The van der Waals surface area contributed by atoms with E-state index in [9.17, 15) is 0 Å². The zero-order chi connectivity index (χ0) is 33.0. The number of aromatic nitrogens is 3. The zero-order valence-electron chi connectivity index (χ0n) is 26.7. The van der Waals surface area contributed by atoms with Gasteiger partial charge in [-0.1, -0.05) is 146 Å². The number of benzene rings is 7. The van der Waals surface area contributed by atoms with E-state index in [1.54, 1.807) is 0 Å². The van der Waals surface area contributed by atoms with Crippen molar-refractivity contribution in [2.24, 2.45) is 0 Å². The molecule has 5 heteroatoms. The molecule has 50 heavy (non-hydrogen) atoms. The molecule has 0 fully saturated rings. The van der Waals surface area contributed by atoms with Gasteiger partial charge in [0, 0.05) is 58.8 Å². The van der Waals surface area contributed by atoms with Crippen LogP contribution in [0.5, 0.6) is 0 Å². The van der Waals surface area contributed by atoms with E-state index in [2.05, 4.69) is 91.0 Å². The van der Waals surface area contributed by atoms with E-state index in [-0.39, 0.29) is 0 Å². The van der Waals surface area contributed by atoms with Crippen LogP contribution in [0.25, 0.3) is 98.5 Å². The zero-order valence-corrected chi connectivity index (χ0v) is 27.6. The minimum Gasteiger partial charge on any atom is -0.455 e. The minimum absolute atomic E-state index is 0.653. The average Bonchev–Trinajstić information content (AvgIpc) is 3.77. The summed E-state index contributed by atoms with van der Waals surface area (Å²) >= 11 is 1.81. The van der Waals surface area contributed by atoms with Crippen LogP contribution in [-0.4, -0.2) is 15.0 Å². The third-order valence-electron chi connectivity index (χ3n) is 9.36. The molecule has 0 saturated heterocycles. The predicted octanol–water partition coefficient (Wildman–Crippen LogP) is 12.5. The van der Waals surface area contributed by atoms with E-state index in [1.165, 1.54) is 31.3 Å². The van der Waals surface area contributed by atoms with E-state index in [4.69, 9.17) is 19.4 Å². The Morgan fingerprint density at radius 2 is 0.980 bits per heavy atom. The molecule has 0 saturated carbocycles. The van der Waals surface area contributed by atoms with Crippen LogP contribution in [-0.2, 0) is 0 Å². The largest absolute Gasteiger partial charge is 0.455 e. The summed E-state index contributed by atoms with van der Waals surface area (Å²) in [6.07, 6.45) is 0. The number of nitrogens with zero attached hydrogens (tertiary/aromatic N) is 3. The third kappa shape index (κ3) is 4.71. The Morgan fingerprint density at radius 3 is 1.68 bits per heavy atom. The Morgan fingerprint density at radius 1 is 0.400 bits per heavy atom. The van der Waals surface area contributed by atoms with Crippen molar-refractivity contribution >= 4 is 53.4 Å². The molecule has 3 heterocycles. The highest BCUT2D eigenvalue weighted by Crippen LogP contribution is 2.46. The van der Waals surface area contributed by atoms with Gasteiger partial charge in [0.2, 0.25) is 0 Å². The summed E-state index contributed by atoms with van der Waals surface area (Å²) in [4.78, 5) is 14.9. The van der Waals surface area contributed by atoms with Crippen LogP contribution in [0.15, 0.2) is 168 Å². The van der Waals surface area contributed by atoms with E-state index in [0.717, 1.165) is 49.8 Å². The molecule has 0 unspecified atom stereocenters. The molecule has 7 aromatic carbocycles. The van der Waals surface area contributed by atoms with Gasteiger partial charge in [-0.3, -0.25) is 0 Å². The highest BCUT2D eigenvalue weighted by molar-refractivity contribution is 7.26. The standard InChI is InChI=1S/C45H27N3OS/c1-4-13-28(14-5-1)32-25-26-34(40-37-19-10-11-22-38(37)49-41(32)40)36-21-12-20-35-33-24-23-31(27-39(33)50-42(35)36)45-47-43(29-15-6-2-7-16-29)46-44(48-45)30-17-8-3-9-18-30/h1-27H. The second-order valence-electron chi connectivity index (χ2n) is 12.4. The summed E-state index contributed by atoms with van der Waals surface area (Å²) < 4.78 is 9.03. The predicted molar refractivity (Wildman–Crippen MR) is 207 cm³/mol. The highest BCUT2D eigenvalue weighted by atomic mass is 32.1. The maximum atomic E-state index is 6.60. The fourth-order valence-corrected chi connectivity index (χ4v) is 8.25. The normalized spacial score (nSPS) is 11.6. The van der Waals surface area contributed by atoms with Gasteiger partial charge in [-0.2, -0.15) is 0 Å². The van der Waals surface area contributed by atoms with Gasteiger partial charge >= 0.3 is 0 Å². The van der Waals surface area contributed by atoms with Crippen LogP contribution in [0.4, 0.5) is 0 Å². The lowest BCUT2D eigenvalue weighted by atomic mass is 9.94. The summed E-state index contributed by atoms with van der Waals surface area (Å²) in [5, 5.41) is 4.70. The molecule has 4 nitrogen and oxygen atoms in total. The van der Waals surface area contributed by atoms with Gasteiger partial charge in [-0.05, 0) is 29.3 Å². The Hall–Kier alpha value is -6.43. The number of hydrogen-bond donors (Lipinski definition) is 0. The van der Waals surface area contributed by atoms with E-state index < -0.39 is 0 Å². The quantitative estimate of drug-likeness (QED) is 0.185. The molecule has 10 rings (SSSR count). The van der Waals surface area contributed by atoms with Crippen LogP contribution in [0, 0.1) is 0 Å². The SMILES string of the molecule is c1ccc(-c2nc(-c3ccccc3)nc(-c3ccc4c(c3)sc3c(-c5ccc(-c6ccccc6)c6oc7ccccc7c56)cccc34)n2)cc1. The molecule has 0 atom stereocenters. The lowest BCUT2D eigenvalue weighted by Gasteiger charge is -2.09. The molecule has 0 radical (unpaired) electrons. The van der Waals surface area contributed by atoms with Crippen molar-refractivity contribution in [2.75, 3.05) is 0 Å². The number of thiophene rings is 1. The molecule has 0 aliphatic heterocycles. The van der Waals surface area contributed by atoms with Crippen LogP contribution in [0.3, 0.4) is 0 Å². The van der Waals surface area contributed by atoms with E-state index in [1.807, 2.05) is 84.1 Å². The molecular formula is C45H27N3OS. The maximum Gasteiger partial charge on any atom is 0.164 e. The summed E-state index contributed by atoms with van der Waals surface area (Å²) in [5.74, 6) is 1.97. The average molecular weight is 658 g/mol. The topological polar surface area (TPSA) is 51.8 Å². The van der Waals surface area contributed by atoms with Crippen LogP contribution < -0.4 is 0 Å². The monoisotopic (exact) mass is 657 g/mol. The van der Waals surface area contributed by atoms with Gasteiger partial charge < -0.3 is 4.42 Å². The van der Waals surface area contributed by atoms with Crippen molar-refractivity contribution in [1.29, 1.82) is 0 Å². The summed E-state index contributed by atoms with van der Waals surface area (Å²) in [6.45, 7) is 0. The molecule has 0 amide bonds. The third-order valence-corrected chi connectivity index (χ3v) is 10.6. The van der Waals surface area contributed by atoms with Crippen LogP contribution in [0.2, 0.25) is 0 Å². The second-order valence-corrected chi connectivity index (χ2v) is 13.4. The van der Waals surface area contributed by atoms with Crippen molar-refractivity contribution in [3.63, 3.8) is 0 Å². The first-order valence-corrected chi connectivity index (χ1v) is 17.4. The summed E-state index contributed by atoms with van der Waals surface area (Å²) in [6, 6.07) is 56.7. The van der Waals surface area contributed by atoms with E-state index in [0.29, 0.717) is 17.5 Å². The number of para-hydroxylation sites is 1. The molecule has 0 bridgehead atoms. The Bertz CT molecular complexity index is 2800. The van der Waals surface area contributed by atoms with Gasteiger partial charge in [-0.15, -0.1) is 11.3 Å². The molecule has 234 valence electrons. The lowest BCUT2D eigenvalue weighted by Crippen LogP contribution is -1.99. The molecule has 0 aliphatic carbocycles. The smallest absolute Gasteiger partial charge is 0.164 e. The first kappa shape index (κ1) is 28.6. The van der Waals surface area contributed by atoms with Crippen LogP contribution >= 0.6 is 11.3 Å². The Balaban J connectivity index is 1.16. The Labute approximate surface area is 292 Å². The van der Waals surface area contributed by atoms with Crippen molar-refractivity contribution in [1.82, 2.24) is 15.0 Å². The Kier molecular flexibility index (Phi) is 6.64. The molecular weight excluding hydrogens is 631 g/mol. The highest BCUT2D eigenvalue weighted by Gasteiger charge is 2.20. The van der Waals surface area contributed by atoms with Gasteiger partial charge in [0.15, 0.2) is 17.5 Å². The number of furan rings is 1. The van der Waals surface area contributed by atoms with Crippen LogP contribution in [0.1, 0.15) is 0 Å². The van der Waals surface area contributed by atoms with Gasteiger partial charge in [0.1, 0.15) is 11.2 Å². The van der Waals surface area contributed by atoms with Gasteiger partial charge in [0.05, 0.1) is 0 Å². The molecule has 0 aliphatic rings. The minimum atomic E-state index is 0.653. The first-order chi connectivity index (χ1) is 24.8. The maximum absolute atomic E-state index is 6.60. The number of rotatable bonds is 5.